The number of fused-ring (bicyclic) bond motifs is 2. The Hall–Kier alpha value is -2.70. The van der Waals surface area contributed by atoms with Crippen LogP contribution in [0.2, 0.25) is 0 Å². The molecule has 2 aliphatic rings. The number of hydrogen-bond acceptors (Lipinski definition) is 4. The van der Waals surface area contributed by atoms with Crippen LogP contribution >= 0.6 is 0 Å². The molecule has 0 unspecified atom stereocenters. The molecular weight excluding hydrogens is 359 g/mol. The van der Waals surface area contributed by atoms with Crippen molar-refractivity contribution in [2.24, 2.45) is 0 Å². The zero-order valence-electron chi connectivity index (χ0n) is 16.0. The third-order valence-electron chi connectivity index (χ3n) is 5.24. The number of benzene rings is 2. The van der Waals surface area contributed by atoms with E-state index in [9.17, 15) is 14.3 Å². The molecule has 2 aliphatic heterocycles. The molecule has 28 heavy (non-hydrogen) atoms. The van der Waals surface area contributed by atoms with E-state index in [2.05, 4.69) is 30.1 Å². The van der Waals surface area contributed by atoms with E-state index in [1.807, 2.05) is 12.1 Å². The SMILES string of the molecule is CC(C)N(CCO)Cc1ccc2c(c1)COC2=C1C(=O)Nc2ccc(F)cc21. The fraction of sp³-hybridized carbons (Fsp3) is 0.318. The Morgan fingerprint density at radius 1 is 1.21 bits per heavy atom. The summed E-state index contributed by atoms with van der Waals surface area (Å²) < 4.78 is 19.6. The number of rotatable bonds is 5. The number of nitrogens with one attached hydrogen (secondary N) is 1. The third kappa shape index (κ3) is 3.30. The predicted molar refractivity (Wildman–Crippen MR) is 106 cm³/mol. The molecule has 2 aromatic rings. The van der Waals surface area contributed by atoms with Crippen LogP contribution in [-0.2, 0) is 22.7 Å². The van der Waals surface area contributed by atoms with Crippen molar-refractivity contribution in [1.82, 2.24) is 4.90 Å². The molecular formula is C22H23FN2O3. The number of halogens is 1. The monoisotopic (exact) mass is 382 g/mol. The zero-order valence-corrected chi connectivity index (χ0v) is 16.0. The minimum Gasteiger partial charge on any atom is -0.487 e. The molecule has 0 fully saturated rings. The summed E-state index contributed by atoms with van der Waals surface area (Å²) in [5, 5.41) is 12.0. The summed E-state index contributed by atoms with van der Waals surface area (Å²) >= 11 is 0. The lowest BCUT2D eigenvalue weighted by atomic mass is 9.99. The van der Waals surface area contributed by atoms with Crippen molar-refractivity contribution < 1.29 is 19.0 Å². The van der Waals surface area contributed by atoms with E-state index in [-0.39, 0.29) is 18.3 Å². The van der Waals surface area contributed by atoms with Gasteiger partial charge in [0, 0.05) is 41.5 Å². The van der Waals surface area contributed by atoms with Gasteiger partial charge in [-0.1, -0.05) is 18.2 Å². The van der Waals surface area contributed by atoms with E-state index >= 15 is 0 Å². The Labute approximate surface area is 163 Å². The summed E-state index contributed by atoms with van der Waals surface area (Å²) in [6.45, 7) is 6.04. The maximum atomic E-state index is 13.7. The van der Waals surface area contributed by atoms with Gasteiger partial charge in [-0.3, -0.25) is 9.69 Å². The molecule has 1 amide bonds. The Balaban J connectivity index is 1.69. The van der Waals surface area contributed by atoms with Crippen molar-refractivity contribution >= 4 is 22.9 Å². The molecule has 0 saturated carbocycles. The first kappa shape index (κ1) is 18.7. The van der Waals surface area contributed by atoms with Gasteiger partial charge in [0.2, 0.25) is 0 Å². The lowest BCUT2D eigenvalue weighted by molar-refractivity contribution is -0.110. The molecule has 146 valence electrons. The molecule has 2 N–H and O–H groups in total. The van der Waals surface area contributed by atoms with Gasteiger partial charge in [0.1, 0.15) is 18.2 Å². The fourth-order valence-corrected chi connectivity index (χ4v) is 3.77. The molecule has 0 atom stereocenters. The van der Waals surface area contributed by atoms with E-state index in [1.165, 1.54) is 12.1 Å². The van der Waals surface area contributed by atoms with Crippen molar-refractivity contribution in [2.75, 3.05) is 18.5 Å². The normalized spacial score (nSPS) is 17.7. The van der Waals surface area contributed by atoms with Crippen LogP contribution < -0.4 is 5.32 Å². The lowest BCUT2D eigenvalue weighted by Crippen LogP contribution is -2.32. The first-order valence-corrected chi connectivity index (χ1v) is 9.43. The first-order valence-electron chi connectivity index (χ1n) is 9.43. The van der Waals surface area contributed by atoms with Crippen LogP contribution in [0.5, 0.6) is 0 Å². The van der Waals surface area contributed by atoms with Crippen LogP contribution in [0.3, 0.4) is 0 Å². The zero-order chi connectivity index (χ0) is 19.8. The van der Waals surface area contributed by atoms with Crippen molar-refractivity contribution in [3.05, 3.63) is 64.5 Å². The molecule has 0 bridgehead atoms. The van der Waals surface area contributed by atoms with E-state index < -0.39 is 0 Å². The number of ether oxygens (including phenoxy) is 1. The van der Waals surface area contributed by atoms with Crippen LogP contribution in [0.25, 0.3) is 11.3 Å². The van der Waals surface area contributed by atoms with Gasteiger partial charge in [-0.15, -0.1) is 0 Å². The number of carbonyl (C=O) groups is 1. The molecule has 0 aromatic heterocycles. The largest absolute Gasteiger partial charge is 0.487 e. The summed E-state index contributed by atoms with van der Waals surface area (Å²) in [6.07, 6.45) is 0. The van der Waals surface area contributed by atoms with Crippen LogP contribution in [-0.4, -0.2) is 35.1 Å². The Morgan fingerprint density at radius 2 is 2.04 bits per heavy atom. The van der Waals surface area contributed by atoms with Gasteiger partial charge in [0.25, 0.3) is 5.91 Å². The highest BCUT2D eigenvalue weighted by molar-refractivity contribution is 6.36. The van der Waals surface area contributed by atoms with E-state index in [4.69, 9.17) is 4.74 Å². The van der Waals surface area contributed by atoms with Gasteiger partial charge in [-0.25, -0.2) is 4.39 Å². The van der Waals surface area contributed by atoms with Crippen LogP contribution in [0.4, 0.5) is 10.1 Å². The van der Waals surface area contributed by atoms with E-state index in [1.54, 1.807) is 6.07 Å². The summed E-state index contributed by atoms with van der Waals surface area (Å²) in [7, 11) is 0. The molecule has 0 aliphatic carbocycles. The smallest absolute Gasteiger partial charge is 0.260 e. The predicted octanol–water partition coefficient (Wildman–Crippen LogP) is 3.38. The highest BCUT2D eigenvalue weighted by Crippen LogP contribution is 2.42. The summed E-state index contributed by atoms with van der Waals surface area (Å²) in [4.78, 5) is 14.7. The van der Waals surface area contributed by atoms with Crippen molar-refractivity contribution in [1.29, 1.82) is 0 Å². The summed E-state index contributed by atoms with van der Waals surface area (Å²) in [5.74, 6) is -0.166. The van der Waals surface area contributed by atoms with Gasteiger partial charge in [0.05, 0.1) is 12.2 Å². The number of nitrogens with zero attached hydrogens (tertiary/aromatic N) is 1. The standard InChI is InChI=1S/C22H23FN2O3/c1-13(2)25(7-8-26)11-14-3-5-17-15(9-14)12-28-21(17)20-18-10-16(23)4-6-19(18)24-22(20)27/h3-6,9-10,13,26H,7-8,11-12H2,1-2H3,(H,24,27). The van der Waals surface area contributed by atoms with Crippen molar-refractivity contribution in [3.8, 4) is 0 Å². The maximum absolute atomic E-state index is 13.7. The van der Waals surface area contributed by atoms with E-state index in [0.717, 1.165) is 23.2 Å². The molecule has 0 saturated heterocycles. The molecule has 6 heteroatoms. The number of carbonyl (C=O) groups excluding carboxylic acids is 1. The fourth-order valence-electron chi connectivity index (χ4n) is 3.77. The highest BCUT2D eigenvalue weighted by Gasteiger charge is 2.32. The second-order valence-electron chi connectivity index (χ2n) is 7.42. The molecule has 0 radical (unpaired) electrons. The van der Waals surface area contributed by atoms with Crippen LogP contribution in [0, 0.1) is 5.82 Å². The van der Waals surface area contributed by atoms with Gasteiger partial charge >= 0.3 is 0 Å². The van der Waals surface area contributed by atoms with Gasteiger partial charge in [-0.05, 0) is 37.6 Å². The molecule has 5 nitrogen and oxygen atoms in total. The van der Waals surface area contributed by atoms with Gasteiger partial charge in [-0.2, -0.15) is 0 Å². The Kier molecular flexibility index (Phi) is 4.91. The number of anilines is 1. The number of amides is 1. The van der Waals surface area contributed by atoms with Crippen LogP contribution in [0.15, 0.2) is 36.4 Å². The van der Waals surface area contributed by atoms with Crippen molar-refractivity contribution in [3.63, 3.8) is 0 Å². The van der Waals surface area contributed by atoms with Gasteiger partial charge < -0.3 is 15.2 Å². The number of aliphatic hydroxyl groups excluding tert-OH is 1. The third-order valence-corrected chi connectivity index (χ3v) is 5.24. The average molecular weight is 382 g/mol. The minimum absolute atomic E-state index is 0.119. The van der Waals surface area contributed by atoms with Crippen molar-refractivity contribution in [2.45, 2.75) is 33.0 Å². The summed E-state index contributed by atoms with van der Waals surface area (Å²) in [6, 6.07) is 10.6. The quantitative estimate of drug-likeness (QED) is 0.779. The Morgan fingerprint density at radius 3 is 2.79 bits per heavy atom. The lowest BCUT2D eigenvalue weighted by Gasteiger charge is -2.25. The molecule has 4 rings (SSSR count). The number of hydrogen-bond donors (Lipinski definition) is 2. The van der Waals surface area contributed by atoms with Gasteiger partial charge in [0.15, 0.2) is 0 Å². The van der Waals surface area contributed by atoms with E-state index in [0.29, 0.717) is 41.8 Å². The molecule has 0 spiro atoms. The summed E-state index contributed by atoms with van der Waals surface area (Å²) in [5.41, 5.74) is 4.50. The molecule has 2 heterocycles. The second kappa shape index (κ2) is 7.37. The maximum Gasteiger partial charge on any atom is 0.260 e. The topological polar surface area (TPSA) is 61.8 Å². The number of aliphatic hydroxyl groups is 1. The average Bonchev–Trinajstić information content (AvgIpc) is 3.20. The minimum atomic E-state index is -0.389. The Bertz CT molecular complexity index is 968. The first-order chi connectivity index (χ1) is 13.5. The molecule has 2 aromatic carbocycles. The van der Waals surface area contributed by atoms with Crippen LogP contribution in [0.1, 0.15) is 36.1 Å². The highest BCUT2D eigenvalue weighted by atomic mass is 19.1. The second-order valence-corrected chi connectivity index (χ2v) is 7.42.